The number of nitrogens with one attached hydrogen (secondary N) is 1. The van der Waals surface area contributed by atoms with E-state index in [0.29, 0.717) is 12.4 Å². The van der Waals surface area contributed by atoms with Crippen LogP contribution in [0, 0.1) is 5.92 Å². The summed E-state index contributed by atoms with van der Waals surface area (Å²) in [4.78, 5) is 16.2. The van der Waals surface area contributed by atoms with Gasteiger partial charge in [-0.1, -0.05) is 6.42 Å². The van der Waals surface area contributed by atoms with Crippen LogP contribution in [0.4, 0.5) is 0 Å². The van der Waals surface area contributed by atoms with Gasteiger partial charge in [0.05, 0.1) is 0 Å². The van der Waals surface area contributed by atoms with E-state index < -0.39 is 7.12 Å². The second-order valence-electron chi connectivity index (χ2n) is 3.79. The van der Waals surface area contributed by atoms with Gasteiger partial charge in [0, 0.05) is 6.04 Å². The molecule has 0 amide bonds. The molecule has 0 bridgehead atoms. The Morgan fingerprint density at radius 1 is 1.47 bits per heavy atom. The maximum atomic E-state index is 8.63. The highest BCUT2D eigenvalue weighted by Gasteiger charge is 2.22. The van der Waals surface area contributed by atoms with E-state index in [9.17, 15) is 0 Å². The zero-order chi connectivity index (χ0) is 11.7. The molecule has 6 heteroatoms. The van der Waals surface area contributed by atoms with Crippen molar-refractivity contribution < 1.29 is 19.6 Å². The molecule has 0 aromatic heterocycles. The van der Waals surface area contributed by atoms with Gasteiger partial charge in [-0.3, -0.25) is 0 Å². The Kier molecular flexibility index (Phi) is 8.23. The van der Waals surface area contributed by atoms with Crippen LogP contribution in [-0.2, 0) is 9.59 Å². The standard InChI is InChI=1S/C8H18BNO2.CO2/c1-7-8(4-6-10-7)3-2-5-9(11)12;2-1-3/h7-8,10-12H,2-6H2,1H3;/t7-,8+;/m1./s1. The number of rotatable bonds is 4. The van der Waals surface area contributed by atoms with E-state index >= 15 is 0 Å². The van der Waals surface area contributed by atoms with Crippen molar-refractivity contribution in [2.45, 2.75) is 38.5 Å². The predicted molar refractivity (Wildman–Crippen MR) is 54.8 cm³/mol. The van der Waals surface area contributed by atoms with Gasteiger partial charge in [-0.15, -0.1) is 0 Å². The third-order valence-corrected chi connectivity index (χ3v) is 2.73. The van der Waals surface area contributed by atoms with Gasteiger partial charge in [-0.2, -0.15) is 9.59 Å². The minimum Gasteiger partial charge on any atom is -0.427 e. The molecule has 2 atom stereocenters. The highest BCUT2D eigenvalue weighted by atomic mass is 16.4. The van der Waals surface area contributed by atoms with Crippen LogP contribution in [0.15, 0.2) is 0 Å². The van der Waals surface area contributed by atoms with Crippen LogP contribution in [0.3, 0.4) is 0 Å². The molecule has 1 heterocycles. The van der Waals surface area contributed by atoms with Gasteiger partial charge in [0.25, 0.3) is 0 Å². The summed E-state index contributed by atoms with van der Waals surface area (Å²) in [6, 6.07) is 0.612. The molecule has 1 rings (SSSR count). The molecule has 0 radical (unpaired) electrons. The maximum absolute atomic E-state index is 8.63. The van der Waals surface area contributed by atoms with Crippen LogP contribution in [0.25, 0.3) is 0 Å². The largest absolute Gasteiger partial charge is 0.451 e. The minimum atomic E-state index is -1.12. The molecule has 0 aliphatic carbocycles. The quantitative estimate of drug-likeness (QED) is 0.558. The summed E-state index contributed by atoms with van der Waals surface area (Å²) in [6.45, 7) is 3.32. The third-order valence-electron chi connectivity index (χ3n) is 2.73. The van der Waals surface area contributed by atoms with E-state index in [1.54, 1.807) is 0 Å². The molecule has 5 nitrogen and oxygen atoms in total. The molecule has 0 spiro atoms. The third kappa shape index (κ3) is 7.28. The minimum absolute atomic E-state index is 0.250. The van der Waals surface area contributed by atoms with E-state index in [-0.39, 0.29) is 6.15 Å². The highest BCUT2D eigenvalue weighted by molar-refractivity contribution is 6.40. The van der Waals surface area contributed by atoms with Gasteiger partial charge in [0.2, 0.25) is 0 Å². The van der Waals surface area contributed by atoms with E-state index in [0.717, 1.165) is 25.3 Å². The van der Waals surface area contributed by atoms with Gasteiger partial charge < -0.3 is 15.4 Å². The van der Waals surface area contributed by atoms with Crippen LogP contribution < -0.4 is 5.32 Å². The van der Waals surface area contributed by atoms with Gasteiger partial charge in [0.15, 0.2) is 0 Å². The lowest BCUT2D eigenvalue weighted by atomic mass is 9.81. The first-order valence-electron chi connectivity index (χ1n) is 5.20. The second-order valence-corrected chi connectivity index (χ2v) is 3.79. The van der Waals surface area contributed by atoms with Crippen molar-refractivity contribution in [1.29, 1.82) is 0 Å². The Hall–Kier alpha value is -0.675. The summed E-state index contributed by atoms with van der Waals surface area (Å²) >= 11 is 0. The van der Waals surface area contributed by atoms with Crippen molar-refractivity contribution in [1.82, 2.24) is 5.32 Å². The Balaban J connectivity index is 0.000000583. The number of hydrogen-bond acceptors (Lipinski definition) is 5. The van der Waals surface area contributed by atoms with E-state index in [4.69, 9.17) is 19.6 Å². The molecule has 0 saturated carbocycles. The molecular formula is C9H18BNO4. The predicted octanol–water partition coefficient (Wildman–Crippen LogP) is -0.346. The van der Waals surface area contributed by atoms with Gasteiger partial charge in [-0.25, -0.2) is 0 Å². The summed E-state index contributed by atoms with van der Waals surface area (Å²) in [5, 5.41) is 20.6. The number of carbonyl (C=O) groups excluding carboxylic acids is 2. The smallest absolute Gasteiger partial charge is 0.427 e. The van der Waals surface area contributed by atoms with E-state index in [2.05, 4.69) is 12.2 Å². The van der Waals surface area contributed by atoms with E-state index in [1.807, 2.05) is 0 Å². The Bertz CT molecular complexity index is 195. The van der Waals surface area contributed by atoms with Crippen molar-refractivity contribution in [3.8, 4) is 0 Å². The first kappa shape index (κ1) is 14.3. The Morgan fingerprint density at radius 3 is 2.47 bits per heavy atom. The second kappa shape index (κ2) is 8.62. The number of hydrogen-bond donors (Lipinski definition) is 3. The first-order chi connectivity index (χ1) is 7.11. The fourth-order valence-electron chi connectivity index (χ4n) is 1.87. The lowest BCUT2D eigenvalue weighted by Crippen LogP contribution is -2.23. The zero-order valence-corrected chi connectivity index (χ0v) is 8.98. The molecule has 1 aliphatic heterocycles. The topological polar surface area (TPSA) is 86.6 Å². The van der Waals surface area contributed by atoms with Crippen LogP contribution >= 0.6 is 0 Å². The molecule has 1 aliphatic rings. The fraction of sp³-hybridized carbons (Fsp3) is 0.889. The lowest BCUT2D eigenvalue weighted by molar-refractivity contribution is -0.191. The zero-order valence-electron chi connectivity index (χ0n) is 8.98. The summed E-state index contributed by atoms with van der Waals surface area (Å²) in [5.74, 6) is 0.740. The van der Waals surface area contributed by atoms with Gasteiger partial charge >= 0.3 is 13.3 Å². The molecule has 15 heavy (non-hydrogen) atoms. The maximum Gasteiger partial charge on any atom is 0.451 e. The van der Waals surface area contributed by atoms with Crippen LogP contribution in [-0.4, -0.2) is 35.9 Å². The monoisotopic (exact) mass is 215 g/mol. The van der Waals surface area contributed by atoms with Crippen molar-refractivity contribution in [2.75, 3.05) is 6.54 Å². The normalized spacial score (nSPS) is 23.9. The van der Waals surface area contributed by atoms with Crippen molar-refractivity contribution in [2.24, 2.45) is 5.92 Å². The molecule has 0 unspecified atom stereocenters. The Labute approximate surface area is 90.0 Å². The van der Waals surface area contributed by atoms with Crippen molar-refractivity contribution in [3.05, 3.63) is 0 Å². The average molecular weight is 215 g/mol. The average Bonchev–Trinajstić information content (AvgIpc) is 2.53. The van der Waals surface area contributed by atoms with Crippen molar-refractivity contribution in [3.63, 3.8) is 0 Å². The Morgan fingerprint density at radius 2 is 2.07 bits per heavy atom. The summed E-state index contributed by atoms with van der Waals surface area (Å²) < 4.78 is 0. The molecule has 1 fully saturated rings. The highest BCUT2D eigenvalue weighted by Crippen LogP contribution is 2.21. The molecule has 0 aromatic rings. The molecular weight excluding hydrogens is 197 g/mol. The molecule has 0 aromatic carbocycles. The first-order valence-corrected chi connectivity index (χ1v) is 5.20. The lowest BCUT2D eigenvalue weighted by Gasteiger charge is -2.13. The van der Waals surface area contributed by atoms with Gasteiger partial charge in [0.1, 0.15) is 0 Å². The van der Waals surface area contributed by atoms with Crippen LogP contribution in [0.5, 0.6) is 0 Å². The summed E-state index contributed by atoms with van der Waals surface area (Å²) in [7, 11) is -1.12. The summed E-state index contributed by atoms with van der Waals surface area (Å²) in [6.07, 6.45) is 4.05. The molecule has 86 valence electrons. The van der Waals surface area contributed by atoms with Crippen LogP contribution in [0.1, 0.15) is 26.2 Å². The van der Waals surface area contributed by atoms with Gasteiger partial charge in [-0.05, 0) is 38.5 Å². The van der Waals surface area contributed by atoms with Crippen LogP contribution in [0.2, 0.25) is 6.32 Å². The van der Waals surface area contributed by atoms with E-state index in [1.165, 1.54) is 6.42 Å². The SMILES string of the molecule is C[C@H]1NCC[C@@H]1CCCB(O)O.O=C=O. The fourth-order valence-corrected chi connectivity index (χ4v) is 1.87. The molecule has 1 saturated heterocycles. The van der Waals surface area contributed by atoms with Crippen molar-refractivity contribution >= 4 is 13.3 Å². The molecule has 3 N–H and O–H groups in total. The summed E-state index contributed by atoms with van der Waals surface area (Å²) in [5.41, 5.74) is 0.